The molecule has 0 spiro atoms. The first-order valence-corrected chi connectivity index (χ1v) is 12.5. The van der Waals surface area contributed by atoms with Gasteiger partial charge >= 0.3 is 11.6 Å². The third kappa shape index (κ3) is 6.17. The molecule has 2 heterocycles. The number of hydrogen-bond acceptors (Lipinski definition) is 8. The van der Waals surface area contributed by atoms with Crippen molar-refractivity contribution in [1.82, 2.24) is 9.78 Å². The van der Waals surface area contributed by atoms with Crippen molar-refractivity contribution >= 4 is 34.6 Å². The Hall–Kier alpha value is -5.64. The van der Waals surface area contributed by atoms with E-state index in [2.05, 4.69) is 10.4 Å². The highest BCUT2D eigenvalue weighted by Gasteiger charge is 2.17. The van der Waals surface area contributed by atoms with Crippen molar-refractivity contribution in [3.63, 3.8) is 0 Å². The normalized spacial score (nSPS) is 11.0. The number of aromatic nitrogens is 2. The molecule has 0 atom stereocenters. The third-order valence-electron chi connectivity index (χ3n) is 6.07. The Morgan fingerprint density at radius 2 is 1.71 bits per heavy atom. The lowest BCUT2D eigenvalue weighted by molar-refractivity contribution is -0.142. The molecule has 2 aromatic heterocycles. The van der Waals surface area contributed by atoms with Crippen LogP contribution >= 0.6 is 0 Å². The van der Waals surface area contributed by atoms with E-state index in [9.17, 15) is 14.4 Å². The van der Waals surface area contributed by atoms with E-state index in [-0.39, 0.29) is 5.56 Å². The van der Waals surface area contributed by atoms with Crippen LogP contribution in [0.3, 0.4) is 0 Å². The van der Waals surface area contributed by atoms with Gasteiger partial charge in [0.15, 0.2) is 18.1 Å². The second-order valence-electron chi connectivity index (χ2n) is 8.76. The second kappa shape index (κ2) is 12.0. The number of carbonyl (C=O) groups is 2. The van der Waals surface area contributed by atoms with Crippen LogP contribution in [0.5, 0.6) is 11.5 Å². The van der Waals surface area contributed by atoms with Crippen LogP contribution < -0.4 is 20.4 Å². The fourth-order valence-electron chi connectivity index (χ4n) is 4.11. The summed E-state index contributed by atoms with van der Waals surface area (Å²) >= 11 is 0. The van der Waals surface area contributed by atoms with E-state index in [0.717, 1.165) is 11.1 Å². The molecule has 1 N–H and O–H groups in total. The first-order valence-electron chi connectivity index (χ1n) is 12.5. The molecule has 3 aromatic carbocycles. The summed E-state index contributed by atoms with van der Waals surface area (Å²) in [7, 11) is 2.99. The number of nitrogens with zero attached hydrogens (tertiary/aromatic N) is 2. The van der Waals surface area contributed by atoms with Crippen LogP contribution in [-0.4, -0.2) is 42.5 Å². The van der Waals surface area contributed by atoms with Crippen LogP contribution in [0.25, 0.3) is 34.0 Å². The van der Waals surface area contributed by atoms with Crippen molar-refractivity contribution in [2.75, 3.05) is 26.1 Å². The minimum atomic E-state index is -0.753. The summed E-state index contributed by atoms with van der Waals surface area (Å²) in [5, 5.41) is 7.98. The van der Waals surface area contributed by atoms with Gasteiger partial charge in [-0.2, -0.15) is 5.10 Å². The van der Waals surface area contributed by atoms with Crippen molar-refractivity contribution in [2.45, 2.75) is 0 Å². The molecule has 0 aliphatic heterocycles. The van der Waals surface area contributed by atoms with Crippen molar-refractivity contribution in [3.8, 4) is 28.4 Å². The minimum Gasteiger partial charge on any atom is -0.493 e. The number of hydrogen-bond donors (Lipinski definition) is 1. The summed E-state index contributed by atoms with van der Waals surface area (Å²) in [6, 6.07) is 23.1. The number of benzene rings is 3. The Morgan fingerprint density at radius 1 is 0.951 bits per heavy atom. The molecule has 0 radical (unpaired) electrons. The van der Waals surface area contributed by atoms with Gasteiger partial charge in [-0.3, -0.25) is 4.79 Å². The van der Waals surface area contributed by atoms with Gasteiger partial charge in [0.05, 0.1) is 25.5 Å². The molecule has 206 valence electrons. The van der Waals surface area contributed by atoms with Gasteiger partial charge in [0.1, 0.15) is 11.3 Å². The fourth-order valence-corrected chi connectivity index (χ4v) is 4.11. The molecule has 10 heteroatoms. The van der Waals surface area contributed by atoms with E-state index in [0.29, 0.717) is 34.0 Å². The molecule has 0 fully saturated rings. The molecular weight excluding hydrogens is 526 g/mol. The number of carbonyl (C=O) groups excluding carboxylic acids is 2. The summed E-state index contributed by atoms with van der Waals surface area (Å²) in [5.74, 6) is -0.335. The van der Waals surface area contributed by atoms with Gasteiger partial charge in [-0.25, -0.2) is 14.3 Å². The van der Waals surface area contributed by atoms with Crippen molar-refractivity contribution in [3.05, 3.63) is 107 Å². The molecule has 0 aliphatic rings. The van der Waals surface area contributed by atoms with Crippen LogP contribution in [0.4, 0.5) is 5.69 Å². The highest BCUT2D eigenvalue weighted by atomic mass is 16.5. The number of nitrogens with one attached hydrogen (secondary N) is 1. The number of esters is 1. The van der Waals surface area contributed by atoms with Crippen LogP contribution in [0, 0.1) is 0 Å². The Kier molecular flexibility index (Phi) is 7.91. The monoisotopic (exact) mass is 551 g/mol. The maximum Gasteiger partial charge on any atom is 0.345 e. The number of para-hydroxylation sites is 2. The lowest BCUT2D eigenvalue weighted by atomic mass is 10.1. The maximum atomic E-state index is 12.9. The van der Waals surface area contributed by atoms with Gasteiger partial charge in [-0.05, 0) is 42.5 Å². The van der Waals surface area contributed by atoms with Crippen LogP contribution in [0.2, 0.25) is 0 Å². The molecule has 0 bridgehead atoms. The summed E-state index contributed by atoms with van der Waals surface area (Å²) in [6.07, 6.45) is 4.33. The zero-order chi connectivity index (χ0) is 28.8. The Morgan fingerprint density at radius 3 is 2.49 bits per heavy atom. The molecule has 5 rings (SSSR count). The second-order valence-corrected chi connectivity index (χ2v) is 8.76. The zero-order valence-corrected chi connectivity index (χ0v) is 22.2. The first-order chi connectivity index (χ1) is 19.9. The van der Waals surface area contributed by atoms with Crippen LogP contribution in [0.15, 0.2) is 100 Å². The summed E-state index contributed by atoms with van der Waals surface area (Å²) in [5.41, 5.74) is 2.13. The van der Waals surface area contributed by atoms with Gasteiger partial charge in [-0.15, -0.1) is 0 Å². The third-order valence-corrected chi connectivity index (χ3v) is 6.07. The fraction of sp³-hybridized carbons (Fsp3) is 0.0968. The Labute approximate surface area is 234 Å². The van der Waals surface area contributed by atoms with Crippen molar-refractivity contribution in [2.24, 2.45) is 0 Å². The van der Waals surface area contributed by atoms with Crippen molar-refractivity contribution < 1.29 is 28.2 Å². The molecule has 5 aromatic rings. The molecule has 0 aliphatic carbocycles. The number of anilines is 1. The number of methoxy groups -OCH3 is 2. The van der Waals surface area contributed by atoms with E-state index in [1.54, 1.807) is 47.3 Å². The van der Waals surface area contributed by atoms with E-state index < -0.39 is 24.1 Å². The molecule has 0 saturated heterocycles. The van der Waals surface area contributed by atoms with E-state index in [4.69, 9.17) is 18.6 Å². The zero-order valence-electron chi connectivity index (χ0n) is 22.2. The first kappa shape index (κ1) is 26.9. The van der Waals surface area contributed by atoms with Crippen LogP contribution in [0.1, 0.15) is 5.56 Å². The van der Waals surface area contributed by atoms with Gasteiger partial charge in [0, 0.05) is 35.0 Å². The molecular formula is C31H25N3O7. The smallest absolute Gasteiger partial charge is 0.345 e. The predicted molar refractivity (Wildman–Crippen MR) is 153 cm³/mol. The number of rotatable bonds is 9. The summed E-state index contributed by atoms with van der Waals surface area (Å²) in [6.45, 7) is -0.512. The summed E-state index contributed by atoms with van der Waals surface area (Å²) < 4.78 is 22.6. The van der Waals surface area contributed by atoms with Gasteiger partial charge in [0.2, 0.25) is 0 Å². The van der Waals surface area contributed by atoms with E-state index >= 15 is 0 Å². The topological polar surface area (TPSA) is 122 Å². The predicted octanol–water partition coefficient (Wildman–Crippen LogP) is 4.86. The number of ether oxygens (including phenoxy) is 3. The van der Waals surface area contributed by atoms with Gasteiger partial charge < -0.3 is 23.9 Å². The number of fused-ring (bicyclic) bond motifs is 1. The maximum absolute atomic E-state index is 12.9. The lowest BCUT2D eigenvalue weighted by Crippen LogP contribution is -2.20. The molecule has 1 amide bonds. The average Bonchev–Trinajstić information content (AvgIpc) is 3.43. The quantitative estimate of drug-likeness (QED) is 0.157. The van der Waals surface area contributed by atoms with Crippen molar-refractivity contribution in [1.29, 1.82) is 0 Å². The van der Waals surface area contributed by atoms with E-state index in [1.807, 2.05) is 42.5 Å². The minimum absolute atomic E-state index is 0.237. The molecule has 41 heavy (non-hydrogen) atoms. The van der Waals surface area contributed by atoms with Gasteiger partial charge in [-0.1, -0.05) is 36.4 Å². The Balaban J connectivity index is 1.35. The lowest BCUT2D eigenvalue weighted by Gasteiger charge is -2.10. The molecule has 0 unspecified atom stereocenters. The van der Waals surface area contributed by atoms with Crippen LogP contribution in [-0.2, 0) is 14.3 Å². The molecule has 0 saturated carbocycles. The average molecular weight is 552 g/mol. The largest absolute Gasteiger partial charge is 0.493 e. The summed E-state index contributed by atoms with van der Waals surface area (Å²) in [4.78, 5) is 37.7. The van der Waals surface area contributed by atoms with E-state index in [1.165, 1.54) is 26.4 Å². The molecule has 10 nitrogen and oxygen atoms in total. The SMILES string of the molecule is COc1ccc(NC(=O)COC(=O)C=Cc2cn(-c3ccccc3)nc2-c2cc3ccccc3oc2=O)cc1OC. The van der Waals surface area contributed by atoms with Gasteiger partial charge in [0.25, 0.3) is 5.91 Å². The number of amides is 1. The highest BCUT2D eigenvalue weighted by molar-refractivity contribution is 5.95. The highest BCUT2D eigenvalue weighted by Crippen LogP contribution is 2.30. The Bertz CT molecular complexity index is 1810. The standard InChI is InChI=1S/C31H25N3O7/c1-38-26-14-13-22(17-27(26)39-2)32-28(35)19-40-29(36)15-12-21-18-34(23-9-4-3-5-10-23)33-30(21)24-16-20-8-6-7-11-25(20)41-31(24)37/h3-18H,19H2,1-2H3,(H,32,35).